The van der Waals surface area contributed by atoms with Gasteiger partial charge in [-0.2, -0.15) is 0 Å². The maximum Gasteiger partial charge on any atom is 0.159 e. The Kier molecular flexibility index (Phi) is 4.90. The molecule has 0 saturated heterocycles. The molecule has 0 N–H and O–H groups in total. The zero-order chi connectivity index (χ0) is 14.0. The highest BCUT2D eigenvalue weighted by Crippen LogP contribution is 2.28. The molecule has 0 aliphatic rings. The van der Waals surface area contributed by atoms with Crippen LogP contribution in [-0.2, 0) is 31.2 Å². The van der Waals surface area contributed by atoms with Gasteiger partial charge in [0.25, 0.3) is 0 Å². The summed E-state index contributed by atoms with van der Waals surface area (Å²) in [7, 11) is -1.68. The topological polar surface area (TPSA) is 74.1 Å². The molecule has 8 heteroatoms. The Labute approximate surface area is 116 Å². The predicted molar refractivity (Wildman–Crippen MR) is 72.4 cm³/mol. The maximum atomic E-state index is 11.9. The summed E-state index contributed by atoms with van der Waals surface area (Å²) in [5.74, 6) is 1.13. The average molecular weight is 340 g/mol. The number of methoxy groups -OCH3 is 1. The molecule has 0 spiro atoms. The van der Waals surface area contributed by atoms with E-state index in [0.29, 0.717) is 30.1 Å². The summed E-state index contributed by atoms with van der Waals surface area (Å²) in [6.45, 7) is 4.27. The fourth-order valence-corrected chi connectivity index (χ4v) is 2.36. The van der Waals surface area contributed by atoms with E-state index in [1.165, 1.54) is 6.26 Å². The lowest BCUT2D eigenvalue weighted by atomic mass is 10.2. The molecule has 0 aromatic carbocycles. The van der Waals surface area contributed by atoms with Crippen molar-refractivity contribution in [3.05, 3.63) is 11.6 Å². The minimum absolute atomic E-state index is 0.441. The van der Waals surface area contributed by atoms with Crippen LogP contribution in [0.2, 0.25) is 0 Å². The Bertz CT molecular complexity index is 510. The molecule has 1 rings (SSSR count). The number of aromatic nitrogens is 3. The van der Waals surface area contributed by atoms with Crippen LogP contribution in [0.5, 0.6) is 0 Å². The average Bonchev–Trinajstić information content (AvgIpc) is 2.67. The number of alkyl halides is 1. The zero-order valence-electron chi connectivity index (χ0n) is 11.0. The Morgan fingerprint density at radius 3 is 2.44 bits per heavy atom. The first-order valence-electron chi connectivity index (χ1n) is 5.42. The van der Waals surface area contributed by atoms with Gasteiger partial charge in [-0.3, -0.25) is 0 Å². The van der Waals surface area contributed by atoms with Crippen molar-refractivity contribution in [2.24, 2.45) is 0 Å². The SMILES string of the molecule is COCCn1c(CBr)nnc1C(C)(C)S(C)(=O)=O. The van der Waals surface area contributed by atoms with Crippen LogP contribution in [0.3, 0.4) is 0 Å². The number of sulfone groups is 1. The van der Waals surface area contributed by atoms with Crippen LogP contribution in [0.4, 0.5) is 0 Å². The Morgan fingerprint density at radius 2 is 2.00 bits per heavy atom. The van der Waals surface area contributed by atoms with E-state index < -0.39 is 14.6 Å². The van der Waals surface area contributed by atoms with Gasteiger partial charge in [0.1, 0.15) is 10.6 Å². The number of nitrogens with zero attached hydrogens (tertiary/aromatic N) is 3. The Balaban J connectivity index is 3.28. The van der Waals surface area contributed by atoms with Crippen LogP contribution in [0.15, 0.2) is 0 Å². The summed E-state index contributed by atoms with van der Waals surface area (Å²) < 4.78 is 29.4. The Hall–Kier alpha value is -0.470. The zero-order valence-corrected chi connectivity index (χ0v) is 13.4. The molecule has 0 bridgehead atoms. The van der Waals surface area contributed by atoms with E-state index in [1.54, 1.807) is 25.5 Å². The van der Waals surface area contributed by atoms with E-state index in [-0.39, 0.29) is 0 Å². The highest BCUT2D eigenvalue weighted by Gasteiger charge is 2.38. The van der Waals surface area contributed by atoms with E-state index in [4.69, 9.17) is 4.74 Å². The molecule has 6 nitrogen and oxygen atoms in total. The van der Waals surface area contributed by atoms with E-state index in [2.05, 4.69) is 26.1 Å². The summed E-state index contributed by atoms with van der Waals surface area (Å²) in [5, 5.41) is 8.56. The highest BCUT2D eigenvalue weighted by atomic mass is 79.9. The standard InChI is InChI=1S/C10H18BrN3O3S/c1-10(2,18(4,15)16)9-13-12-8(7-11)14(9)5-6-17-3/h5-7H2,1-4H3. The van der Waals surface area contributed by atoms with Gasteiger partial charge in [0, 0.05) is 19.9 Å². The van der Waals surface area contributed by atoms with Crippen molar-refractivity contribution in [3.63, 3.8) is 0 Å². The monoisotopic (exact) mass is 339 g/mol. The minimum atomic E-state index is -3.28. The van der Waals surface area contributed by atoms with Crippen molar-refractivity contribution in [1.29, 1.82) is 0 Å². The number of ether oxygens (including phenoxy) is 1. The lowest BCUT2D eigenvalue weighted by Crippen LogP contribution is -2.32. The summed E-state index contributed by atoms with van der Waals surface area (Å²) in [6.07, 6.45) is 1.20. The van der Waals surface area contributed by atoms with Crippen molar-refractivity contribution < 1.29 is 13.2 Å². The number of rotatable bonds is 6. The van der Waals surface area contributed by atoms with Crippen molar-refractivity contribution in [2.75, 3.05) is 20.0 Å². The van der Waals surface area contributed by atoms with Gasteiger partial charge >= 0.3 is 0 Å². The maximum absolute atomic E-state index is 11.9. The molecule has 1 aromatic rings. The van der Waals surface area contributed by atoms with E-state index in [0.717, 1.165) is 0 Å². The molecule has 0 radical (unpaired) electrons. The van der Waals surface area contributed by atoms with Crippen molar-refractivity contribution in [2.45, 2.75) is 30.5 Å². The molecule has 0 unspecified atom stereocenters. The summed E-state index contributed by atoms with van der Waals surface area (Å²) in [4.78, 5) is 0. The number of hydrogen-bond acceptors (Lipinski definition) is 5. The molecule has 0 aliphatic heterocycles. The van der Waals surface area contributed by atoms with Crippen LogP contribution in [-0.4, -0.2) is 43.2 Å². The van der Waals surface area contributed by atoms with Gasteiger partial charge in [-0.25, -0.2) is 8.42 Å². The molecule has 0 atom stereocenters. The summed E-state index contributed by atoms with van der Waals surface area (Å²) >= 11 is 3.32. The fourth-order valence-electron chi connectivity index (χ4n) is 1.46. The third kappa shape index (κ3) is 2.92. The minimum Gasteiger partial charge on any atom is -0.383 e. The smallest absolute Gasteiger partial charge is 0.159 e. The molecule has 104 valence electrons. The number of halogens is 1. The normalized spacial score (nSPS) is 12.9. The summed E-state index contributed by atoms with van der Waals surface area (Å²) in [5.41, 5.74) is 0. The second-order valence-corrected chi connectivity index (χ2v) is 7.63. The molecular formula is C10H18BrN3O3S. The lowest BCUT2D eigenvalue weighted by Gasteiger charge is -2.22. The first kappa shape index (κ1) is 15.6. The van der Waals surface area contributed by atoms with Crippen LogP contribution in [0.25, 0.3) is 0 Å². The van der Waals surface area contributed by atoms with Gasteiger partial charge in [-0.15, -0.1) is 10.2 Å². The second-order valence-electron chi connectivity index (χ2n) is 4.50. The largest absolute Gasteiger partial charge is 0.383 e. The molecule has 1 heterocycles. The quantitative estimate of drug-likeness (QED) is 0.725. The van der Waals surface area contributed by atoms with Crippen LogP contribution in [0.1, 0.15) is 25.5 Å². The fraction of sp³-hybridized carbons (Fsp3) is 0.800. The van der Waals surface area contributed by atoms with Crippen molar-refractivity contribution in [1.82, 2.24) is 14.8 Å². The molecule has 0 aliphatic carbocycles. The third-order valence-electron chi connectivity index (χ3n) is 2.93. The first-order valence-corrected chi connectivity index (χ1v) is 8.44. The number of hydrogen-bond donors (Lipinski definition) is 0. The van der Waals surface area contributed by atoms with Crippen LogP contribution < -0.4 is 0 Å². The first-order chi connectivity index (χ1) is 8.25. The van der Waals surface area contributed by atoms with Crippen molar-refractivity contribution >= 4 is 25.8 Å². The molecular weight excluding hydrogens is 322 g/mol. The van der Waals surface area contributed by atoms with Crippen LogP contribution in [0, 0.1) is 0 Å². The molecule has 0 saturated carbocycles. The predicted octanol–water partition coefficient (Wildman–Crippen LogP) is 1.10. The van der Waals surface area contributed by atoms with Crippen molar-refractivity contribution in [3.8, 4) is 0 Å². The van der Waals surface area contributed by atoms with E-state index in [1.807, 2.05) is 0 Å². The molecule has 0 fully saturated rings. The second kappa shape index (κ2) is 5.66. The van der Waals surface area contributed by atoms with Gasteiger partial charge in [0.2, 0.25) is 0 Å². The van der Waals surface area contributed by atoms with E-state index >= 15 is 0 Å². The molecule has 18 heavy (non-hydrogen) atoms. The Morgan fingerprint density at radius 1 is 1.39 bits per heavy atom. The third-order valence-corrected chi connectivity index (χ3v) is 5.47. The van der Waals surface area contributed by atoms with Gasteiger partial charge < -0.3 is 9.30 Å². The van der Waals surface area contributed by atoms with E-state index in [9.17, 15) is 8.42 Å². The van der Waals surface area contributed by atoms with Gasteiger partial charge in [-0.05, 0) is 13.8 Å². The highest BCUT2D eigenvalue weighted by molar-refractivity contribution is 9.08. The van der Waals surface area contributed by atoms with Gasteiger partial charge in [0.15, 0.2) is 15.7 Å². The summed E-state index contributed by atoms with van der Waals surface area (Å²) in [6, 6.07) is 0. The molecule has 1 aromatic heterocycles. The molecule has 0 amide bonds. The lowest BCUT2D eigenvalue weighted by molar-refractivity contribution is 0.185. The van der Waals surface area contributed by atoms with Crippen LogP contribution >= 0.6 is 15.9 Å². The van der Waals surface area contributed by atoms with Gasteiger partial charge in [0.05, 0.1) is 11.9 Å². The van der Waals surface area contributed by atoms with Gasteiger partial charge in [-0.1, -0.05) is 15.9 Å².